The lowest BCUT2D eigenvalue weighted by molar-refractivity contribution is -0.148. The Labute approximate surface area is 311 Å². The third kappa shape index (κ3) is 11.7. The van der Waals surface area contributed by atoms with Gasteiger partial charge in [0.15, 0.2) is 0 Å². The number of likely N-dealkylation sites (tertiary alicyclic amines) is 1. The van der Waals surface area contributed by atoms with Crippen molar-refractivity contribution in [1.29, 1.82) is 0 Å². The first-order valence-electron chi connectivity index (χ1n) is 18.5. The van der Waals surface area contributed by atoms with Gasteiger partial charge in [-0.1, -0.05) is 78.8 Å². The minimum absolute atomic E-state index is 0.0165. The SMILES string of the molecule is CO[C@H]([C@@H](C)C(=O)N[C@@H](Cc1ccccc1)C(=O)O)[C@@H]1CCCN1C(=O)C[C@@H](OC)[C@H](C(C)C)N(C)C(=O)[C@@H](NC(=O)C(C(C)C)N(C)C)C(C)C. The van der Waals surface area contributed by atoms with Crippen LogP contribution in [0.3, 0.4) is 0 Å². The number of nitrogens with zero attached hydrogens (tertiary/aromatic N) is 3. The number of nitrogens with one attached hydrogen (secondary N) is 2. The minimum atomic E-state index is -1.14. The zero-order chi connectivity index (χ0) is 39.4. The third-order valence-corrected chi connectivity index (χ3v) is 10.3. The van der Waals surface area contributed by atoms with Gasteiger partial charge in [-0.3, -0.25) is 24.1 Å². The number of carboxylic acid groups (broad SMARTS) is 1. The Balaban J connectivity index is 2.24. The van der Waals surface area contributed by atoms with Gasteiger partial charge in [0.2, 0.25) is 23.6 Å². The normalized spacial score (nSPS) is 18.8. The highest BCUT2D eigenvalue weighted by Gasteiger charge is 2.43. The van der Waals surface area contributed by atoms with E-state index >= 15 is 0 Å². The summed E-state index contributed by atoms with van der Waals surface area (Å²) in [5, 5.41) is 15.5. The van der Waals surface area contributed by atoms with Crippen LogP contribution in [0.5, 0.6) is 0 Å². The first kappa shape index (κ1) is 44.6. The number of ether oxygens (including phenoxy) is 2. The lowest BCUT2D eigenvalue weighted by atomic mass is 9.91. The van der Waals surface area contributed by atoms with E-state index in [1.807, 2.05) is 90.9 Å². The molecule has 1 aliphatic rings. The summed E-state index contributed by atoms with van der Waals surface area (Å²) < 4.78 is 11.8. The minimum Gasteiger partial charge on any atom is -0.480 e. The zero-order valence-electron chi connectivity index (χ0n) is 33.4. The number of rotatable bonds is 20. The highest BCUT2D eigenvalue weighted by Crippen LogP contribution is 2.29. The number of likely N-dealkylation sites (N-methyl/N-ethyl adjacent to an activating group) is 2. The van der Waals surface area contributed by atoms with Gasteiger partial charge in [-0.2, -0.15) is 0 Å². The molecule has 1 heterocycles. The van der Waals surface area contributed by atoms with Crippen molar-refractivity contribution in [2.24, 2.45) is 23.7 Å². The quantitative estimate of drug-likeness (QED) is 0.183. The van der Waals surface area contributed by atoms with Gasteiger partial charge >= 0.3 is 5.97 Å². The summed E-state index contributed by atoms with van der Waals surface area (Å²) in [5.74, 6) is -3.28. The van der Waals surface area contributed by atoms with Crippen molar-refractivity contribution in [2.75, 3.05) is 41.9 Å². The van der Waals surface area contributed by atoms with E-state index < -0.39 is 60.2 Å². The first-order valence-corrected chi connectivity index (χ1v) is 18.5. The molecular weight excluding hydrogens is 666 g/mol. The summed E-state index contributed by atoms with van der Waals surface area (Å²) in [6.07, 6.45) is 0.0875. The molecule has 2 rings (SSSR count). The second kappa shape index (κ2) is 20.6. The Morgan fingerprint density at radius 3 is 1.96 bits per heavy atom. The molecule has 294 valence electrons. The molecule has 13 nitrogen and oxygen atoms in total. The van der Waals surface area contributed by atoms with Crippen LogP contribution in [0.25, 0.3) is 0 Å². The monoisotopic (exact) mass is 731 g/mol. The second-order valence-electron chi connectivity index (χ2n) is 15.4. The number of amides is 4. The van der Waals surface area contributed by atoms with E-state index in [1.165, 1.54) is 14.2 Å². The molecule has 3 N–H and O–H groups in total. The predicted molar refractivity (Wildman–Crippen MR) is 200 cm³/mol. The largest absolute Gasteiger partial charge is 0.480 e. The molecule has 1 saturated heterocycles. The Hall–Kier alpha value is -3.55. The molecule has 0 bridgehead atoms. The fourth-order valence-corrected chi connectivity index (χ4v) is 7.65. The van der Waals surface area contributed by atoms with Crippen molar-refractivity contribution >= 4 is 29.6 Å². The Morgan fingerprint density at radius 2 is 1.48 bits per heavy atom. The molecule has 0 spiro atoms. The van der Waals surface area contributed by atoms with Gasteiger partial charge in [0.1, 0.15) is 12.1 Å². The van der Waals surface area contributed by atoms with Crippen molar-refractivity contribution in [3.63, 3.8) is 0 Å². The van der Waals surface area contributed by atoms with Crippen LogP contribution in [-0.2, 0) is 39.9 Å². The summed E-state index contributed by atoms with van der Waals surface area (Å²) in [5.41, 5.74) is 0.784. The average Bonchev–Trinajstić information content (AvgIpc) is 3.55. The highest BCUT2D eigenvalue weighted by atomic mass is 16.5. The van der Waals surface area contributed by atoms with Gasteiger partial charge in [-0.25, -0.2) is 4.79 Å². The molecule has 52 heavy (non-hydrogen) atoms. The molecule has 0 saturated carbocycles. The van der Waals surface area contributed by atoms with Crippen LogP contribution < -0.4 is 10.6 Å². The van der Waals surface area contributed by atoms with Crippen LogP contribution in [0.2, 0.25) is 0 Å². The van der Waals surface area contributed by atoms with E-state index in [9.17, 15) is 29.1 Å². The van der Waals surface area contributed by atoms with Crippen molar-refractivity contribution in [3.8, 4) is 0 Å². The van der Waals surface area contributed by atoms with Gasteiger partial charge in [0.25, 0.3) is 0 Å². The second-order valence-corrected chi connectivity index (χ2v) is 15.4. The van der Waals surface area contributed by atoms with Gasteiger partial charge in [-0.05, 0) is 50.3 Å². The van der Waals surface area contributed by atoms with Crippen LogP contribution in [0, 0.1) is 23.7 Å². The number of methoxy groups -OCH3 is 2. The average molecular weight is 732 g/mol. The topological polar surface area (TPSA) is 158 Å². The molecule has 13 heteroatoms. The molecule has 8 atom stereocenters. The molecule has 0 aromatic heterocycles. The van der Waals surface area contributed by atoms with Crippen molar-refractivity contribution < 1.29 is 38.6 Å². The number of hydrogen-bond donors (Lipinski definition) is 3. The van der Waals surface area contributed by atoms with Crippen LogP contribution in [0.4, 0.5) is 0 Å². The summed E-state index contributed by atoms with van der Waals surface area (Å²) in [6.45, 7) is 13.8. The third-order valence-electron chi connectivity index (χ3n) is 10.3. The molecule has 0 radical (unpaired) electrons. The summed E-state index contributed by atoms with van der Waals surface area (Å²) in [4.78, 5) is 72.2. The fourth-order valence-electron chi connectivity index (χ4n) is 7.65. The number of benzene rings is 1. The van der Waals surface area contributed by atoms with Crippen LogP contribution in [0.1, 0.15) is 73.3 Å². The number of carbonyl (C=O) groups excluding carboxylic acids is 4. The molecule has 4 amide bonds. The van der Waals surface area contributed by atoms with E-state index in [0.717, 1.165) is 5.56 Å². The van der Waals surface area contributed by atoms with E-state index in [2.05, 4.69) is 10.6 Å². The standard InChI is InChI=1S/C39H65N5O8/c1-23(2)32(41-37(47)34(25(5)6)42(8)9)38(48)43(10)33(24(3)4)30(51-11)22-31(45)44-20-16-19-29(44)35(52-12)26(7)36(46)40-28(39(49)50)21-27-17-14-13-15-18-27/h13-15,17-18,23-26,28-30,32-35H,16,19-22H2,1-12H3,(H,40,46)(H,41,47)(H,49,50)/t26-,28+,29+,30-,32+,33+,34?,35-/m1/s1. The van der Waals surface area contributed by atoms with Gasteiger partial charge in [-0.15, -0.1) is 0 Å². The van der Waals surface area contributed by atoms with Crippen LogP contribution in [-0.4, -0.2) is 134 Å². The fraction of sp³-hybridized carbons (Fsp3) is 0.718. The Kier molecular flexibility index (Phi) is 17.7. The number of hydrogen-bond acceptors (Lipinski definition) is 8. The Bertz CT molecular complexity index is 1310. The zero-order valence-corrected chi connectivity index (χ0v) is 33.4. The molecule has 1 aliphatic heterocycles. The lowest BCUT2D eigenvalue weighted by Gasteiger charge is -2.40. The Morgan fingerprint density at radius 1 is 0.865 bits per heavy atom. The maximum absolute atomic E-state index is 14.1. The van der Waals surface area contributed by atoms with E-state index in [-0.39, 0.29) is 48.3 Å². The van der Waals surface area contributed by atoms with Gasteiger partial charge in [0, 0.05) is 34.2 Å². The molecular formula is C39H65N5O8. The molecule has 1 aromatic carbocycles. The number of carbonyl (C=O) groups is 5. The highest BCUT2D eigenvalue weighted by molar-refractivity contribution is 5.90. The molecule has 1 fully saturated rings. The predicted octanol–water partition coefficient (Wildman–Crippen LogP) is 3.06. The van der Waals surface area contributed by atoms with E-state index in [0.29, 0.717) is 19.4 Å². The van der Waals surface area contributed by atoms with Crippen LogP contribution in [0.15, 0.2) is 30.3 Å². The first-order chi connectivity index (χ1) is 24.4. The van der Waals surface area contributed by atoms with E-state index in [1.54, 1.807) is 23.8 Å². The van der Waals surface area contributed by atoms with Gasteiger partial charge < -0.3 is 35.0 Å². The number of aliphatic carboxylic acids is 1. The van der Waals surface area contributed by atoms with Crippen molar-refractivity contribution in [1.82, 2.24) is 25.3 Å². The van der Waals surface area contributed by atoms with Gasteiger partial charge in [0.05, 0.1) is 42.7 Å². The molecule has 1 unspecified atom stereocenters. The smallest absolute Gasteiger partial charge is 0.326 e. The van der Waals surface area contributed by atoms with Crippen LogP contribution >= 0.6 is 0 Å². The lowest BCUT2D eigenvalue weighted by Crippen LogP contribution is -2.59. The van der Waals surface area contributed by atoms with Crippen molar-refractivity contribution in [2.45, 2.75) is 117 Å². The van der Waals surface area contributed by atoms with E-state index in [4.69, 9.17) is 9.47 Å². The summed E-state index contributed by atoms with van der Waals surface area (Å²) >= 11 is 0. The maximum atomic E-state index is 14.1. The summed E-state index contributed by atoms with van der Waals surface area (Å²) in [7, 11) is 8.40. The van der Waals surface area contributed by atoms with Crippen molar-refractivity contribution in [3.05, 3.63) is 35.9 Å². The molecule has 0 aliphatic carbocycles. The molecule has 1 aromatic rings. The number of carboxylic acids is 1. The maximum Gasteiger partial charge on any atom is 0.326 e. The summed E-state index contributed by atoms with van der Waals surface area (Å²) in [6, 6.07) is 5.87.